The summed E-state index contributed by atoms with van der Waals surface area (Å²) in [4.78, 5) is 23.7. The van der Waals surface area contributed by atoms with Gasteiger partial charge in [0.1, 0.15) is 5.52 Å². The van der Waals surface area contributed by atoms with E-state index in [-0.39, 0.29) is 42.2 Å². The Balaban J connectivity index is 1.35. The van der Waals surface area contributed by atoms with Crippen molar-refractivity contribution in [3.63, 3.8) is 0 Å². The summed E-state index contributed by atoms with van der Waals surface area (Å²) in [5, 5.41) is 38.2. The van der Waals surface area contributed by atoms with Crippen LogP contribution in [0.4, 0.5) is 17.3 Å². The fourth-order valence-electron chi connectivity index (χ4n) is 5.05. The van der Waals surface area contributed by atoms with Crippen molar-refractivity contribution in [2.45, 2.75) is 26.2 Å². The van der Waals surface area contributed by atoms with Crippen molar-refractivity contribution in [2.75, 3.05) is 48.8 Å². The largest absolute Gasteiger partial charge is 0.396 e. The topological polar surface area (TPSA) is 154 Å². The molecule has 2 aliphatic rings. The van der Waals surface area contributed by atoms with Crippen molar-refractivity contribution < 1.29 is 19.1 Å². The number of hydrogen-bond donors (Lipinski definition) is 4. The van der Waals surface area contributed by atoms with Crippen molar-refractivity contribution in [2.24, 2.45) is 17.3 Å². The Labute approximate surface area is 223 Å². The first-order valence-corrected chi connectivity index (χ1v) is 12.7. The third kappa shape index (κ3) is 4.29. The number of pyridine rings is 2. The summed E-state index contributed by atoms with van der Waals surface area (Å²) in [7, 11) is 0. The van der Waals surface area contributed by atoms with Crippen molar-refractivity contribution in [3.05, 3.63) is 30.6 Å². The van der Waals surface area contributed by atoms with Gasteiger partial charge in [0.15, 0.2) is 23.1 Å². The summed E-state index contributed by atoms with van der Waals surface area (Å²) >= 11 is 0. The molecule has 1 amide bonds. The number of amides is 1. The molecule has 0 bridgehead atoms. The first-order valence-electron chi connectivity index (χ1n) is 14.2. The molecule has 0 unspecified atom stereocenters. The van der Waals surface area contributed by atoms with Gasteiger partial charge in [0.05, 0.1) is 25.1 Å². The highest BCUT2D eigenvalue weighted by Crippen LogP contribution is 2.39. The Bertz CT molecular complexity index is 1610. The lowest BCUT2D eigenvalue weighted by molar-refractivity contribution is -0.117. The van der Waals surface area contributed by atoms with Gasteiger partial charge in [-0.15, -0.1) is 15.3 Å². The molecule has 1 saturated heterocycles. The number of carbonyl (C=O) groups is 1. The highest BCUT2D eigenvalue weighted by atomic mass is 16.3. The number of piperidine rings is 1. The number of hydrogen-bond acceptors (Lipinski definition) is 10. The number of nitrogens with one attached hydrogen (secondary N) is 2. The first-order chi connectivity index (χ1) is 19.6. The number of nitrogens with zero attached hydrogens (tertiary/aromatic N) is 7. The zero-order chi connectivity index (χ0) is 28.9. The number of aliphatic hydroxyl groups excluding tert-OH is 2. The van der Waals surface area contributed by atoms with Crippen LogP contribution in [0.1, 0.15) is 30.3 Å². The van der Waals surface area contributed by atoms with Crippen LogP contribution in [-0.2, 0) is 4.79 Å². The van der Waals surface area contributed by atoms with Crippen LogP contribution in [0.3, 0.4) is 0 Å². The second-order valence-corrected chi connectivity index (χ2v) is 10.4. The van der Waals surface area contributed by atoms with Gasteiger partial charge in [-0.05, 0) is 43.4 Å². The molecule has 2 atom stereocenters. The standard InChI is InChI=1S/C26H31N9O3/c1-15-9-17(15)25(38)29-20-10-18-19(11-28-24(27-2)22(18)32-31-20)23-30-21-4-3-16(12-35(21)33-23)34-7-5-26(13-36,14-37)6-8-34/h3-4,10-12,15,17,36-37H,5-9,13-14H2,1-2H3,(H,27,28)(H,29,31,38)/t15-,17+/m1/s1/i2D3. The summed E-state index contributed by atoms with van der Waals surface area (Å²) in [5.41, 5.74) is 1.79. The summed E-state index contributed by atoms with van der Waals surface area (Å²) in [6.45, 7) is 0.803. The average Bonchev–Trinajstić information content (AvgIpc) is 3.54. The zero-order valence-electron chi connectivity index (χ0n) is 23.9. The van der Waals surface area contributed by atoms with E-state index in [4.69, 9.17) is 4.11 Å². The predicted molar refractivity (Wildman–Crippen MR) is 143 cm³/mol. The van der Waals surface area contributed by atoms with Crippen LogP contribution < -0.4 is 15.5 Å². The first kappa shape index (κ1) is 21.1. The number of carbonyl (C=O) groups excluding carboxylic acids is 1. The van der Waals surface area contributed by atoms with Crippen LogP contribution in [-0.4, -0.2) is 79.2 Å². The molecule has 12 nitrogen and oxygen atoms in total. The number of rotatable bonds is 7. The van der Waals surface area contributed by atoms with E-state index < -0.39 is 12.4 Å². The Kier molecular flexibility index (Phi) is 5.24. The highest BCUT2D eigenvalue weighted by molar-refractivity contribution is 6.01. The number of anilines is 3. The molecule has 0 radical (unpaired) electrons. The van der Waals surface area contributed by atoms with Gasteiger partial charge in [0.2, 0.25) is 5.91 Å². The van der Waals surface area contributed by atoms with E-state index in [1.54, 1.807) is 10.6 Å². The molecule has 1 aliphatic heterocycles. The molecule has 4 aromatic rings. The van der Waals surface area contributed by atoms with Crippen molar-refractivity contribution >= 4 is 39.8 Å². The summed E-state index contributed by atoms with van der Waals surface area (Å²) in [5.74, 6) is 0.750. The van der Waals surface area contributed by atoms with E-state index in [2.05, 4.69) is 40.8 Å². The van der Waals surface area contributed by atoms with E-state index in [1.165, 1.54) is 6.20 Å². The molecule has 0 aromatic carbocycles. The van der Waals surface area contributed by atoms with Gasteiger partial charge >= 0.3 is 0 Å². The Hall–Kier alpha value is -3.90. The molecule has 4 N–H and O–H groups in total. The van der Waals surface area contributed by atoms with E-state index in [1.807, 2.05) is 25.3 Å². The monoisotopic (exact) mass is 520 g/mol. The third-order valence-corrected chi connectivity index (χ3v) is 7.86. The molecular formula is C26H31N9O3. The van der Waals surface area contributed by atoms with Crippen molar-refractivity contribution in [1.82, 2.24) is 29.8 Å². The van der Waals surface area contributed by atoms with Gasteiger partial charge in [-0.2, -0.15) is 0 Å². The van der Waals surface area contributed by atoms with E-state index in [9.17, 15) is 15.0 Å². The van der Waals surface area contributed by atoms with Gasteiger partial charge in [0, 0.05) is 52.7 Å². The molecular weight excluding hydrogens is 486 g/mol. The normalized spacial score (nSPS) is 22.1. The summed E-state index contributed by atoms with van der Waals surface area (Å²) in [6, 6.07) is 5.44. The van der Waals surface area contributed by atoms with Gasteiger partial charge in [-0.3, -0.25) is 4.79 Å². The van der Waals surface area contributed by atoms with Crippen LogP contribution in [0, 0.1) is 17.3 Å². The molecule has 1 saturated carbocycles. The van der Waals surface area contributed by atoms with Gasteiger partial charge in [-0.1, -0.05) is 6.92 Å². The second kappa shape index (κ2) is 9.44. The number of fused-ring (bicyclic) bond motifs is 2. The summed E-state index contributed by atoms with van der Waals surface area (Å²) in [6.07, 6.45) is 5.53. The molecule has 4 aromatic heterocycles. The van der Waals surface area contributed by atoms with E-state index in [0.717, 1.165) is 12.1 Å². The van der Waals surface area contributed by atoms with Gasteiger partial charge in [0.25, 0.3) is 0 Å². The minimum atomic E-state index is -2.50. The fourth-order valence-corrected chi connectivity index (χ4v) is 5.05. The van der Waals surface area contributed by atoms with Gasteiger partial charge < -0.3 is 25.7 Å². The maximum atomic E-state index is 12.5. The lowest BCUT2D eigenvalue weighted by Crippen LogP contribution is -2.44. The molecule has 2 fully saturated rings. The second-order valence-electron chi connectivity index (χ2n) is 10.4. The quantitative estimate of drug-likeness (QED) is 0.284. The fraction of sp³-hybridized carbons (Fsp3) is 0.462. The van der Waals surface area contributed by atoms with Crippen molar-refractivity contribution in [1.29, 1.82) is 0 Å². The molecule has 0 spiro atoms. The van der Waals surface area contributed by atoms with E-state index in [0.29, 0.717) is 54.3 Å². The van der Waals surface area contributed by atoms with Crippen LogP contribution in [0.2, 0.25) is 0 Å². The SMILES string of the molecule is [2H]C([2H])([2H])Nc1ncc(-c2nc3ccc(N4CCC(CO)(CO)CC4)cn3n2)c2cc(NC(=O)[C@H]3C[C@H]3C)nnc12. The lowest BCUT2D eigenvalue weighted by atomic mass is 9.80. The van der Waals surface area contributed by atoms with Crippen LogP contribution in [0.25, 0.3) is 27.9 Å². The smallest absolute Gasteiger partial charge is 0.228 e. The molecule has 12 heteroatoms. The molecule has 5 heterocycles. The van der Waals surface area contributed by atoms with Crippen LogP contribution in [0.15, 0.2) is 30.6 Å². The lowest BCUT2D eigenvalue weighted by Gasteiger charge is -2.40. The Morgan fingerprint density at radius 2 is 2.03 bits per heavy atom. The van der Waals surface area contributed by atoms with Crippen LogP contribution in [0.5, 0.6) is 0 Å². The third-order valence-electron chi connectivity index (χ3n) is 7.86. The predicted octanol–water partition coefficient (Wildman–Crippen LogP) is 1.94. The highest BCUT2D eigenvalue weighted by Gasteiger charge is 2.39. The summed E-state index contributed by atoms with van der Waals surface area (Å²) < 4.78 is 24.5. The van der Waals surface area contributed by atoms with Crippen LogP contribution >= 0.6 is 0 Å². The van der Waals surface area contributed by atoms with E-state index >= 15 is 0 Å². The number of aliphatic hydroxyl groups is 2. The Morgan fingerprint density at radius 1 is 1.24 bits per heavy atom. The maximum absolute atomic E-state index is 12.5. The molecule has 38 heavy (non-hydrogen) atoms. The number of aromatic nitrogens is 6. The minimum Gasteiger partial charge on any atom is -0.396 e. The zero-order valence-corrected chi connectivity index (χ0v) is 20.9. The van der Waals surface area contributed by atoms with Gasteiger partial charge in [-0.25, -0.2) is 14.5 Å². The molecule has 198 valence electrons. The molecule has 1 aliphatic carbocycles. The maximum Gasteiger partial charge on any atom is 0.228 e. The Morgan fingerprint density at radius 3 is 2.74 bits per heavy atom. The van der Waals surface area contributed by atoms with Crippen molar-refractivity contribution in [3.8, 4) is 11.4 Å². The molecule has 6 rings (SSSR count). The minimum absolute atomic E-state index is 0.0305. The average molecular weight is 521 g/mol.